The van der Waals surface area contributed by atoms with Crippen molar-refractivity contribution in [2.45, 2.75) is 26.3 Å². The van der Waals surface area contributed by atoms with Crippen molar-refractivity contribution in [1.82, 2.24) is 19.5 Å². The molecule has 0 spiro atoms. The highest BCUT2D eigenvalue weighted by Crippen LogP contribution is 2.16. The first-order valence-electron chi connectivity index (χ1n) is 5.77. The van der Waals surface area contributed by atoms with Gasteiger partial charge in [-0.2, -0.15) is 0 Å². The van der Waals surface area contributed by atoms with Gasteiger partial charge in [-0.1, -0.05) is 6.92 Å². The molecule has 2 aromatic heterocycles. The predicted octanol–water partition coefficient (Wildman–Crippen LogP) is 0.909. The summed E-state index contributed by atoms with van der Waals surface area (Å²) in [5, 5.41) is 8.99. The fourth-order valence-electron chi connectivity index (χ4n) is 1.86. The lowest BCUT2D eigenvalue weighted by atomic mass is 10.0. The SMILES string of the molecule is CC[C@H](CCn1cnc2c(N)ncnc21)C(=O)O. The molecule has 0 aromatic carbocycles. The first kappa shape index (κ1) is 12.3. The summed E-state index contributed by atoms with van der Waals surface area (Å²) in [7, 11) is 0. The molecule has 96 valence electrons. The average molecular weight is 249 g/mol. The molecule has 2 heterocycles. The molecule has 0 fully saturated rings. The van der Waals surface area contributed by atoms with Gasteiger partial charge >= 0.3 is 5.97 Å². The maximum Gasteiger partial charge on any atom is 0.306 e. The van der Waals surface area contributed by atoms with Crippen LogP contribution in [-0.4, -0.2) is 30.6 Å². The van der Waals surface area contributed by atoms with Crippen LogP contribution in [0.15, 0.2) is 12.7 Å². The summed E-state index contributed by atoms with van der Waals surface area (Å²) in [6.07, 6.45) is 4.15. The van der Waals surface area contributed by atoms with E-state index in [0.717, 1.165) is 0 Å². The normalized spacial score (nSPS) is 12.7. The van der Waals surface area contributed by atoms with E-state index in [2.05, 4.69) is 15.0 Å². The van der Waals surface area contributed by atoms with Crippen molar-refractivity contribution in [3.63, 3.8) is 0 Å². The van der Waals surface area contributed by atoms with Crippen LogP contribution in [0, 0.1) is 5.92 Å². The monoisotopic (exact) mass is 249 g/mol. The number of aromatic nitrogens is 4. The first-order chi connectivity index (χ1) is 8.63. The number of hydrogen-bond donors (Lipinski definition) is 2. The summed E-state index contributed by atoms with van der Waals surface area (Å²) in [5.41, 5.74) is 6.88. The molecule has 0 aliphatic rings. The minimum Gasteiger partial charge on any atom is -0.481 e. The van der Waals surface area contributed by atoms with Crippen molar-refractivity contribution < 1.29 is 9.90 Å². The lowest BCUT2D eigenvalue weighted by Crippen LogP contribution is -2.15. The minimum atomic E-state index is -0.768. The number of imidazole rings is 1. The van der Waals surface area contributed by atoms with Gasteiger partial charge in [0.2, 0.25) is 0 Å². The van der Waals surface area contributed by atoms with Crippen LogP contribution in [0.4, 0.5) is 5.82 Å². The van der Waals surface area contributed by atoms with E-state index in [1.54, 1.807) is 10.9 Å². The fourth-order valence-corrected chi connectivity index (χ4v) is 1.86. The molecule has 3 N–H and O–H groups in total. The van der Waals surface area contributed by atoms with Crippen molar-refractivity contribution in [2.24, 2.45) is 5.92 Å². The molecular weight excluding hydrogens is 234 g/mol. The molecule has 7 heteroatoms. The summed E-state index contributed by atoms with van der Waals surface area (Å²) < 4.78 is 1.80. The van der Waals surface area contributed by atoms with Crippen LogP contribution in [0.5, 0.6) is 0 Å². The highest BCUT2D eigenvalue weighted by Gasteiger charge is 2.16. The van der Waals surface area contributed by atoms with E-state index in [-0.39, 0.29) is 5.92 Å². The number of fused-ring (bicyclic) bond motifs is 1. The lowest BCUT2D eigenvalue weighted by molar-refractivity contribution is -0.142. The quantitative estimate of drug-likeness (QED) is 0.815. The second kappa shape index (κ2) is 4.99. The van der Waals surface area contributed by atoms with Gasteiger partial charge in [-0.25, -0.2) is 15.0 Å². The van der Waals surface area contributed by atoms with Crippen molar-refractivity contribution in [1.29, 1.82) is 0 Å². The number of nitrogen functional groups attached to an aromatic ring is 1. The molecule has 7 nitrogen and oxygen atoms in total. The Kier molecular flexibility index (Phi) is 3.40. The maximum atomic E-state index is 10.9. The summed E-state index contributed by atoms with van der Waals surface area (Å²) in [5.74, 6) is -0.776. The topological polar surface area (TPSA) is 107 Å². The zero-order valence-electron chi connectivity index (χ0n) is 10.1. The number of aliphatic carboxylic acids is 1. The molecule has 2 aromatic rings. The van der Waals surface area contributed by atoms with Gasteiger partial charge in [0, 0.05) is 6.54 Å². The van der Waals surface area contributed by atoms with Crippen LogP contribution in [0.25, 0.3) is 11.2 Å². The molecule has 0 saturated heterocycles. The highest BCUT2D eigenvalue weighted by molar-refractivity contribution is 5.81. The van der Waals surface area contributed by atoms with E-state index in [1.165, 1.54) is 6.33 Å². The van der Waals surface area contributed by atoms with Crippen LogP contribution in [0.3, 0.4) is 0 Å². The fraction of sp³-hybridized carbons (Fsp3) is 0.455. The molecule has 0 unspecified atom stereocenters. The third-order valence-corrected chi connectivity index (χ3v) is 2.99. The maximum absolute atomic E-state index is 10.9. The second-order valence-electron chi connectivity index (χ2n) is 4.10. The van der Waals surface area contributed by atoms with Crippen LogP contribution in [-0.2, 0) is 11.3 Å². The van der Waals surface area contributed by atoms with E-state index < -0.39 is 5.97 Å². The molecule has 18 heavy (non-hydrogen) atoms. The molecule has 1 atom stereocenters. The molecule has 0 saturated carbocycles. The van der Waals surface area contributed by atoms with Crippen molar-refractivity contribution in [3.8, 4) is 0 Å². The Bertz CT molecular complexity index is 566. The number of rotatable bonds is 5. The number of carbonyl (C=O) groups is 1. The van der Waals surface area contributed by atoms with E-state index in [1.807, 2.05) is 6.92 Å². The average Bonchev–Trinajstić information content (AvgIpc) is 2.74. The van der Waals surface area contributed by atoms with E-state index in [4.69, 9.17) is 10.8 Å². The molecule has 0 bridgehead atoms. The van der Waals surface area contributed by atoms with Crippen molar-refractivity contribution in [3.05, 3.63) is 12.7 Å². The molecule has 0 radical (unpaired) electrons. The van der Waals surface area contributed by atoms with Gasteiger partial charge in [-0.15, -0.1) is 0 Å². The summed E-state index contributed by atoms with van der Waals surface area (Å²) in [6.45, 7) is 2.42. The molecule has 0 aliphatic carbocycles. The number of hydrogen-bond acceptors (Lipinski definition) is 5. The van der Waals surface area contributed by atoms with Crippen LogP contribution < -0.4 is 5.73 Å². The van der Waals surface area contributed by atoms with Gasteiger partial charge < -0.3 is 15.4 Å². The van der Waals surface area contributed by atoms with Crippen LogP contribution in [0.2, 0.25) is 0 Å². The highest BCUT2D eigenvalue weighted by atomic mass is 16.4. The Hall–Kier alpha value is -2.18. The number of aryl methyl sites for hydroxylation is 1. The smallest absolute Gasteiger partial charge is 0.306 e. The zero-order chi connectivity index (χ0) is 13.1. The van der Waals surface area contributed by atoms with Crippen LogP contribution in [0.1, 0.15) is 19.8 Å². The molecule has 0 amide bonds. The van der Waals surface area contributed by atoms with E-state index >= 15 is 0 Å². The standard InChI is InChI=1S/C11H15N5O2/c1-2-7(11(17)18)3-4-16-6-15-8-9(12)13-5-14-10(8)16/h5-7H,2-4H2,1H3,(H,17,18)(H2,12,13,14)/t7-/m1/s1. The predicted molar refractivity (Wildman–Crippen MR) is 65.8 cm³/mol. The van der Waals surface area contributed by atoms with Gasteiger partial charge in [-0.3, -0.25) is 4.79 Å². The Morgan fingerprint density at radius 2 is 2.28 bits per heavy atom. The van der Waals surface area contributed by atoms with E-state index in [9.17, 15) is 4.79 Å². The molecular formula is C11H15N5O2. The van der Waals surface area contributed by atoms with Gasteiger partial charge in [-0.05, 0) is 12.8 Å². The minimum absolute atomic E-state index is 0.337. The second-order valence-corrected chi connectivity index (χ2v) is 4.10. The van der Waals surface area contributed by atoms with Gasteiger partial charge in [0.25, 0.3) is 0 Å². The Balaban J connectivity index is 2.18. The number of nitrogens with two attached hydrogens (primary N) is 1. The molecule has 2 rings (SSSR count). The number of nitrogens with zero attached hydrogens (tertiary/aromatic N) is 4. The zero-order valence-corrected chi connectivity index (χ0v) is 10.1. The Morgan fingerprint density at radius 3 is 2.94 bits per heavy atom. The number of carboxylic acid groups (broad SMARTS) is 1. The first-order valence-corrected chi connectivity index (χ1v) is 5.77. The third kappa shape index (κ3) is 2.24. The molecule has 0 aliphatic heterocycles. The number of anilines is 1. The van der Waals surface area contributed by atoms with E-state index in [0.29, 0.717) is 36.4 Å². The number of carboxylic acids is 1. The van der Waals surface area contributed by atoms with Crippen molar-refractivity contribution in [2.75, 3.05) is 5.73 Å². The van der Waals surface area contributed by atoms with Crippen molar-refractivity contribution >= 4 is 23.0 Å². The summed E-state index contributed by atoms with van der Waals surface area (Å²) in [6, 6.07) is 0. The Labute approximate surface area is 104 Å². The summed E-state index contributed by atoms with van der Waals surface area (Å²) >= 11 is 0. The van der Waals surface area contributed by atoms with Gasteiger partial charge in [0.05, 0.1) is 12.2 Å². The largest absolute Gasteiger partial charge is 0.481 e. The lowest BCUT2D eigenvalue weighted by Gasteiger charge is -2.09. The van der Waals surface area contributed by atoms with Crippen LogP contribution >= 0.6 is 0 Å². The van der Waals surface area contributed by atoms with Gasteiger partial charge in [0.1, 0.15) is 11.8 Å². The Morgan fingerprint density at radius 1 is 1.50 bits per heavy atom. The van der Waals surface area contributed by atoms with Gasteiger partial charge in [0.15, 0.2) is 11.5 Å². The third-order valence-electron chi connectivity index (χ3n) is 2.99. The summed E-state index contributed by atoms with van der Waals surface area (Å²) in [4.78, 5) is 23.0.